The number of hydrogen-bond acceptors (Lipinski definition) is 0. The van der Waals surface area contributed by atoms with Crippen LogP contribution in [0.2, 0.25) is 0 Å². The Morgan fingerprint density at radius 2 is 1.73 bits per heavy atom. The van der Waals surface area contributed by atoms with Crippen molar-refractivity contribution in [2.75, 3.05) is 5.33 Å². The molecule has 0 aromatic rings. The molecule has 0 radical (unpaired) electrons. The summed E-state index contributed by atoms with van der Waals surface area (Å²) in [6.07, 6.45) is 5.73. The van der Waals surface area contributed by atoms with Crippen LogP contribution in [0.4, 0.5) is 0 Å². The van der Waals surface area contributed by atoms with Crippen molar-refractivity contribution in [3.8, 4) is 0 Å². The summed E-state index contributed by atoms with van der Waals surface area (Å²) >= 11 is 3.61. The van der Waals surface area contributed by atoms with Gasteiger partial charge in [0.05, 0.1) is 0 Å². The lowest BCUT2D eigenvalue weighted by molar-refractivity contribution is 0.413. The van der Waals surface area contributed by atoms with E-state index < -0.39 is 0 Å². The van der Waals surface area contributed by atoms with Gasteiger partial charge in [-0.05, 0) is 30.6 Å². The molecule has 1 fully saturated rings. The first-order chi connectivity index (χ1) is 5.31. The van der Waals surface area contributed by atoms with Crippen molar-refractivity contribution < 1.29 is 0 Å². The minimum Gasteiger partial charge on any atom is -0.0925 e. The molecule has 1 aliphatic rings. The molecule has 0 saturated heterocycles. The van der Waals surface area contributed by atoms with E-state index in [0.717, 1.165) is 17.8 Å². The van der Waals surface area contributed by atoms with Crippen molar-refractivity contribution in [2.45, 2.75) is 39.5 Å². The summed E-state index contributed by atoms with van der Waals surface area (Å²) in [7, 11) is 0. The standard InChI is InChI=1S/C10H19Br/c1-3-8-5-9(4-2)10(6-8)7-11/h8-10H,3-7H2,1-2H3. The van der Waals surface area contributed by atoms with Crippen LogP contribution >= 0.6 is 15.9 Å². The quantitative estimate of drug-likeness (QED) is 0.632. The molecule has 0 heterocycles. The Labute approximate surface area is 78.9 Å². The van der Waals surface area contributed by atoms with E-state index in [1.807, 2.05) is 0 Å². The maximum atomic E-state index is 3.61. The maximum Gasteiger partial charge on any atom is 0.00624 e. The van der Waals surface area contributed by atoms with Gasteiger partial charge in [0.15, 0.2) is 0 Å². The summed E-state index contributed by atoms with van der Waals surface area (Å²) in [4.78, 5) is 0. The van der Waals surface area contributed by atoms with Crippen LogP contribution in [-0.4, -0.2) is 5.33 Å². The molecule has 66 valence electrons. The SMILES string of the molecule is CCC1CC(CC)C(CBr)C1. The average molecular weight is 219 g/mol. The lowest BCUT2D eigenvalue weighted by Gasteiger charge is -2.13. The third kappa shape index (κ3) is 2.21. The van der Waals surface area contributed by atoms with Crippen LogP contribution < -0.4 is 0 Å². The first-order valence-electron chi connectivity index (χ1n) is 4.87. The molecule has 0 aromatic carbocycles. The molecule has 0 spiro atoms. The Kier molecular flexibility index (Phi) is 3.91. The number of hydrogen-bond donors (Lipinski definition) is 0. The third-order valence-corrected chi connectivity index (χ3v) is 4.07. The van der Waals surface area contributed by atoms with Crippen LogP contribution in [0.1, 0.15) is 39.5 Å². The van der Waals surface area contributed by atoms with Crippen molar-refractivity contribution in [3.05, 3.63) is 0 Å². The molecule has 11 heavy (non-hydrogen) atoms. The molecule has 3 atom stereocenters. The average Bonchev–Trinajstić information content (AvgIpc) is 2.46. The van der Waals surface area contributed by atoms with Crippen molar-refractivity contribution in [1.29, 1.82) is 0 Å². The van der Waals surface area contributed by atoms with E-state index in [2.05, 4.69) is 29.8 Å². The van der Waals surface area contributed by atoms with Gasteiger partial charge in [-0.3, -0.25) is 0 Å². The van der Waals surface area contributed by atoms with Gasteiger partial charge in [0.1, 0.15) is 0 Å². The molecular weight excluding hydrogens is 200 g/mol. The molecule has 0 nitrogen and oxygen atoms in total. The second-order valence-corrected chi connectivity index (χ2v) is 4.48. The molecule has 1 aliphatic carbocycles. The van der Waals surface area contributed by atoms with E-state index in [9.17, 15) is 0 Å². The highest BCUT2D eigenvalue weighted by Gasteiger charge is 2.30. The van der Waals surface area contributed by atoms with Crippen LogP contribution in [0.25, 0.3) is 0 Å². The predicted molar refractivity (Wildman–Crippen MR) is 54.1 cm³/mol. The fourth-order valence-corrected chi connectivity index (χ4v) is 3.15. The molecule has 1 saturated carbocycles. The fourth-order valence-electron chi connectivity index (χ4n) is 2.36. The van der Waals surface area contributed by atoms with E-state index in [1.165, 1.54) is 31.0 Å². The van der Waals surface area contributed by atoms with Crippen molar-refractivity contribution in [2.24, 2.45) is 17.8 Å². The Hall–Kier alpha value is 0.480. The Bertz CT molecular complexity index is 99.4. The summed E-state index contributed by atoms with van der Waals surface area (Å²) in [5.74, 6) is 3.02. The number of halogens is 1. The highest BCUT2D eigenvalue weighted by Crippen LogP contribution is 2.40. The van der Waals surface area contributed by atoms with Crippen LogP contribution in [0.3, 0.4) is 0 Å². The van der Waals surface area contributed by atoms with E-state index in [-0.39, 0.29) is 0 Å². The Morgan fingerprint density at radius 1 is 1.09 bits per heavy atom. The van der Waals surface area contributed by atoms with Gasteiger partial charge in [-0.1, -0.05) is 42.6 Å². The monoisotopic (exact) mass is 218 g/mol. The van der Waals surface area contributed by atoms with Gasteiger partial charge in [0.25, 0.3) is 0 Å². The zero-order chi connectivity index (χ0) is 8.27. The highest BCUT2D eigenvalue weighted by atomic mass is 79.9. The lowest BCUT2D eigenvalue weighted by atomic mass is 9.96. The minimum atomic E-state index is 0.977. The molecule has 0 N–H and O–H groups in total. The van der Waals surface area contributed by atoms with Gasteiger partial charge in [0.2, 0.25) is 0 Å². The summed E-state index contributed by atoms with van der Waals surface area (Å²) in [6.45, 7) is 4.66. The smallest absolute Gasteiger partial charge is 0.00624 e. The first-order valence-corrected chi connectivity index (χ1v) is 5.99. The largest absolute Gasteiger partial charge is 0.0925 e. The maximum absolute atomic E-state index is 3.61. The molecule has 0 bridgehead atoms. The molecule has 0 amide bonds. The van der Waals surface area contributed by atoms with Gasteiger partial charge >= 0.3 is 0 Å². The molecule has 0 aromatic heterocycles. The summed E-state index contributed by atoms with van der Waals surface area (Å²) in [5, 5.41) is 1.22. The van der Waals surface area contributed by atoms with Gasteiger partial charge in [0, 0.05) is 5.33 Å². The van der Waals surface area contributed by atoms with Gasteiger partial charge < -0.3 is 0 Å². The number of alkyl halides is 1. The van der Waals surface area contributed by atoms with Crippen LogP contribution in [0, 0.1) is 17.8 Å². The molecule has 0 aliphatic heterocycles. The minimum absolute atomic E-state index is 0.977. The van der Waals surface area contributed by atoms with E-state index in [4.69, 9.17) is 0 Å². The Balaban J connectivity index is 2.41. The summed E-state index contributed by atoms with van der Waals surface area (Å²) < 4.78 is 0. The van der Waals surface area contributed by atoms with Gasteiger partial charge in [-0.25, -0.2) is 0 Å². The predicted octanol–water partition coefficient (Wildman–Crippen LogP) is 3.84. The van der Waals surface area contributed by atoms with Crippen molar-refractivity contribution in [1.82, 2.24) is 0 Å². The van der Waals surface area contributed by atoms with Crippen LogP contribution in [-0.2, 0) is 0 Å². The zero-order valence-electron chi connectivity index (χ0n) is 7.65. The third-order valence-electron chi connectivity index (χ3n) is 3.24. The second-order valence-electron chi connectivity index (χ2n) is 3.83. The van der Waals surface area contributed by atoms with E-state index >= 15 is 0 Å². The molecule has 1 rings (SSSR count). The topological polar surface area (TPSA) is 0 Å². The molecular formula is C10H19Br. The van der Waals surface area contributed by atoms with Crippen molar-refractivity contribution in [3.63, 3.8) is 0 Å². The lowest BCUT2D eigenvalue weighted by Crippen LogP contribution is -2.07. The second kappa shape index (κ2) is 4.49. The summed E-state index contributed by atoms with van der Waals surface area (Å²) in [6, 6.07) is 0. The van der Waals surface area contributed by atoms with Crippen molar-refractivity contribution >= 4 is 15.9 Å². The van der Waals surface area contributed by atoms with Crippen LogP contribution in [0.15, 0.2) is 0 Å². The normalized spacial score (nSPS) is 37.9. The first kappa shape index (κ1) is 9.57. The molecule has 3 unspecified atom stereocenters. The number of rotatable bonds is 3. The van der Waals surface area contributed by atoms with E-state index in [0.29, 0.717) is 0 Å². The summed E-state index contributed by atoms with van der Waals surface area (Å²) in [5.41, 5.74) is 0. The Morgan fingerprint density at radius 3 is 2.09 bits per heavy atom. The van der Waals surface area contributed by atoms with Crippen LogP contribution in [0.5, 0.6) is 0 Å². The zero-order valence-corrected chi connectivity index (χ0v) is 9.23. The fraction of sp³-hybridized carbons (Fsp3) is 1.00. The molecule has 1 heteroatoms. The van der Waals surface area contributed by atoms with E-state index in [1.54, 1.807) is 0 Å². The van der Waals surface area contributed by atoms with Gasteiger partial charge in [-0.2, -0.15) is 0 Å². The van der Waals surface area contributed by atoms with Gasteiger partial charge in [-0.15, -0.1) is 0 Å². The highest BCUT2D eigenvalue weighted by molar-refractivity contribution is 9.09.